The number of carbonyl (C=O) groups excluding carboxylic acids is 1. The SMILES string of the molecule is CCC(C)(C)C(=O)OCC(CO)OCCOc1ccccc1. The summed E-state index contributed by atoms with van der Waals surface area (Å²) < 4.78 is 16.1. The van der Waals surface area contributed by atoms with Gasteiger partial charge in [0, 0.05) is 0 Å². The largest absolute Gasteiger partial charge is 0.491 e. The molecule has 1 N–H and O–H groups in total. The predicted molar refractivity (Wildman–Crippen MR) is 83.8 cm³/mol. The second-order valence-corrected chi connectivity index (χ2v) is 5.67. The van der Waals surface area contributed by atoms with Crippen LogP contribution >= 0.6 is 0 Å². The van der Waals surface area contributed by atoms with E-state index in [0.717, 1.165) is 5.75 Å². The molecule has 0 aliphatic carbocycles. The monoisotopic (exact) mass is 310 g/mol. The Morgan fingerprint density at radius 3 is 2.50 bits per heavy atom. The molecule has 0 heterocycles. The van der Waals surface area contributed by atoms with Crippen molar-refractivity contribution in [2.75, 3.05) is 26.4 Å². The summed E-state index contributed by atoms with van der Waals surface area (Å²) >= 11 is 0. The van der Waals surface area contributed by atoms with E-state index in [1.54, 1.807) is 0 Å². The number of esters is 1. The number of carbonyl (C=O) groups is 1. The van der Waals surface area contributed by atoms with E-state index in [4.69, 9.17) is 14.2 Å². The van der Waals surface area contributed by atoms with Crippen molar-refractivity contribution in [3.63, 3.8) is 0 Å². The van der Waals surface area contributed by atoms with Gasteiger partial charge < -0.3 is 19.3 Å². The van der Waals surface area contributed by atoms with Gasteiger partial charge in [-0.2, -0.15) is 0 Å². The molecule has 1 atom stereocenters. The van der Waals surface area contributed by atoms with Crippen molar-refractivity contribution in [3.05, 3.63) is 30.3 Å². The Hall–Kier alpha value is -1.59. The summed E-state index contributed by atoms with van der Waals surface area (Å²) in [7, 11) is 0. The van der Waals surface area contributed by atoms with Gasteiger partial charge in [0.15, 0.2) is 0 Å². The Morgan fingerprint density at radius 2 is 1.91 bits per heavy atom. The van der Waals surface area contributed by atoms with Crippen LogP contribution in [0.3, 0.4) is 0 Å². The topological polar surface area (TPSA) is 65.0 Å². The zero-order valence-corrected chi connectivity index (χ0v) is 13.6. The standard InChI is InChI=1S/C17H26O5/c1-4-17(2,3)16(19)22-13-15(12-18)21-11-10-20-14-8-6-5-7-9-14/h5-9,15,18H,4,10-13H2,1-3H3. The lowest BCUT2D eigenvalue weighted by atomic mass is 9.91. The predicted octanol–water partition coefficient (Wildman–Crippen LogP) is 2.42. The molecule has 0 saturated heterocycles. The van der Waals surface area contributed by atoms with Crippen molar-refractivity contribution in [1.82, 2.24) is 0 Å². The summed E-state index contributed by atoms with van der Waals surface area (Å²) in [6, 6.07) is 9.41. The first-order valence-corrected chi connectivity index (χ1v) is 7.57. The molecule has 0 aromatic heterocycles. The molecule has 0 amide bonds. The number of rotatable bonds is 10. The van der Waals surface area contributed by atoms with Crippen LogP contribution in [0, 0.1) is 5.41 Å². The fourth-order valence-corrected chi connectivity index (χ4v) is 1.55. The minimum Gasteiger partial charge on any atom is -0.491 e. The van der Waals surface area contributed by atoms with Gasteiger partial charge in [0.2, 0.25) is 0 Å². The summed E-state index contributed by atoms with van der Waals surface area (Å²) in [5.41, 5.74) is -0.517. The van der Waals surface area contributed by atoms with Gasteiger partial charge in [-0.3, -0.25) is 4.79 Å². The van der Waals surface area contributed by atoms with Gasteiger partial charge in [-0.25, -0.2) is 0 Å². The molecule has 0 bridgehead atoms. The number of hydrogen-bond donors (Lipinski definition) is 1. The maximum atomic E-state index is 11.8. The fraction of sp³-hybridized carbons (Fsp3) is 0.588. The molecule has 0 saturated carbocycles. The molecule has 1 unspecified atom stereocenters. The van der Waals surface area contributed by atoms with E-state index in [1.807, 2.05) is 51.1 Å². The van der Waals surface area contributed by atoms with Gasteiger partial charge in [-0.1, -0.05) is 25.1 Å². The van der Waals surface area contributed by atoms with E-state index in [-0.39, 0.29) is 19.2 Å². The van der Waals surface area contributed by atoms with Crippen LogP contribution in [0.5, 0.6) is 5.75 Å². The molecule has 0 spiro atoms. The summed E-state index contributed by atoms with van der Waals surface area (Å²) in [5, 5.41) is 9.26. The van der Waals surface area contributed by atoms with Crippen LogP contribution in [-0.4, -0.2) is 43.6 Å². The van der Waals surface area contributed by atoms with E-state index in [2.05, 4.69) is 0 Å². The van der Waals surface area contributed by atoms with Gasteiger partial charge in [0.1, 0.15) is 25.1 Å². The van der Waals surface area contributed by atoms with Crippen molar-refractivity contribution < 1.29 is 24.1 Å². The van der Waals surface area contributed by atoms with E-state index < -0.39 is 11.5 Å². The molecule has 5 heteroatoms. The van der Waals surface area contributed by atoms with Crippen LogP contribution in [-0.2, 0) is 14.3 Å². The smallest absolute Gasteiger partial charge is 0.311 e. The Morgan fingerprint density at radius 1 is 1.23 bits per heavy atom. The zero-order valence-electron chi connectivity index (χ0n) is 13.6. The summed E-state index contributed by atoms with van der Waals surface area (Å²) in [5.74, 6) is 0.486. The van der Waals surface area contributed by atoms with E-state index in [9.17, 15) is 9.90 Å². The number of benzene rings is 1. The number of aliphatic hydroxyl groups excluding tert-OH is 1. The number of aliphatic hydroxyl groups is 1. The van der Waals surface area contributed by atoms with Crippen LogP contribution in [0.15, 0.2) is 30.3 Å². The highest BCUT2D eigenvalue weighted by Crippen LogP contribution is 2.21. The van der Waals surface area contributed by atoms with Crippen LogP contribution in [0.1, 0.15) is 27.2 Å². The molecule has 0 fully saturated rings. The first kappa shape index (κ1) is 18.5. The Kier molecular flexibility index (Phi) is 7.91. The molecule has 124 valence electrons. The highest BCUT2D eigenvalue weighted by molar-refractivity contribution is 5.75. The molecule has 0 radical (unpaired) electrons. The summed E-state index contributed by atoms with van der Waals surface area (Å²) in [4.78, 5) is 11.8. The minimum atomic E-state index is -0.532. The molecule has 22 heavy (non-hydrogen) atoms. The third-order valence-electron chi connectivity index (χ3n) is 3.49. The van der Waals surface area contributed by atoms with Gasteiger partial charge >= 0.3 is 5.97 Å². The lowest BCUT2D eigenvalue weighted by molar-refractivity contribution is -0.159. The van der Waals surface area contributed by atoms with Crippen LogP contribution in [0.25, 0.3) is 0 Å². The summed E-state index contributed by atoms with van der Waals surface area (Å²) in [6.07, 6.45) is 0.164. The maximum absolute atomic E-state index is 11.8. The molecule has 1 aromatic rings. The number of ether oxygens (including phenoxy) is 3. The lowest BCUT2D eigenvalue weighted by Crippen LogP contribution is -2.32. The normalized spacial score (nSPS) is 12.7. The zero-order chi connectivity index (χ0) is 16.4. The van der Waals surface area contributed by atoms with Gasteiger partial charge in [0.05, 0.1) is 18.6 Å². The third-order valence-corrected chi connectivity index (χ3v) is 3.49. The van der Waals surface area contributed by atoms with Crippen LogP contribution in [0.4, 0.5) is 0 Å². The van der Waals surface area contributed by atoms with Gasteiger partial charge in [-0.05, 0) is 32.4 Å². The average Bonchev–Trinajstić information content (AvgIpc) is 2.54. The molecule has 1 rings (SSSR count). The van der Waals surface area contributed by atoms with Crippen LogP contribution < -0.4 is 4.74 Å². The van der Waals surface area contributed by atoms with Crippen molar-refractivity contribution in [2.24, 2.45) is 5.41 Å². The van der Waals surface area contributed by atoms with E-state index in [1.165, 1.54) is 0 Å². The molecule has 0 aliphatic rings. The number of hydrogen-bond acceptors (Lipinski definition) is 5. The first-order chi connectivity index (χ1) is 10.5. The van der Waals surface area contributed by atoms with Crippen molar-refractivity contribution in [1.29, 1.82) is 0 Å². The summed E-state index contributed by atoms with van der Waals surface area (Å²) in [6.45, 7) is 6.12. The minimum absolute atomic E-state index is 0.0457. The Balaban J connectivity index is 2.23. The first-order valence-electron chi connectivity index (χ1n) is 7.57. The second kappa shape index (κ2) is 9.43. The molecular formula is C17H26O5. The highest BCUT2D eigenvalue weighted by atomic mass is 16.6. The second-order valence-electron chi connectivity index (χ2n) is 5.67. The molecular weight excluding hydrogens is 284 g/mol. The number of para-hydroxylation sites is 1. The van der Waals surface area contributed by atoms with E-state index >= 15 is 0 Å². The Bertz CT molecular complexity index is 430. The molecule has 5 nitrogen and oxygen atoms in total. The van der Waals surface area contributed by atoms with Crippen molar-refractivity contribution in [2.45, 2.75) is 33.3 Å². The van der Waals surface area contributed by atoms with E-state index in [0.29, 0.717) is 19.6 Å². The quantitative estimate of drug-likeness (QED) is 0.531. The van der Waals surface area contributed by atoms with Crippen molar-refractivity contribution >= 4 is 5.97 Å². The van der Waals surface area contributed by atoms with Crippen molar-refractivity contribution in [3.8, 4) is 5.75 Å². The highest BCUT2D eigenvalue weighted by Gasteiger charge is 2.27. The lowest BCUT2D eigenvalue weighted by Gasteiger charge is -2.22. The third kappa shape index (κ3) is 6.45. The van der Waals surface area contributed by atoms with Gasteiger partial charge in [0.25, 0.3) is 0 Å². The maximum Gasteiger partial charge on any atom is 0.311 e. The molecule has 1 aromatic carbocycles. The van der Waals surface area contributed by atoms with Crippen LogP contribution in [0.2, 0.25) is 0 Å². The Labute approximate surface area is 132 Å². The molecule has 0 aliphatic heterocycles. The fourth-order valence-electron chi connectivity index (χ4n) is 1.55. The average molecular weight is 310 g/mol. The van der Waals surface area contributed by atoms with Gasteiger partial charge in [-0.15, -0.1) is 0 Å².